The second kappa shape index (κ2) is 7.95. The average Bonchev–Trinajstić information content (AvgIpc) is 2.52. The average molecular weight is 290 g/mol. The van der Waals surface area contributed by atoms with Gasteiger partial charge in [-0.05, 0) is 38.7 Å². The van der Waals surface area contributed by atoms with Crippen molar-refractivity contribution in [2.24, 2.45) is 0 Å². The quantitative estimate of drug-likeness (QED) is 0.673. The normalized spacial score (nSPS) is 17.7. The van der Waals surface area contributed by atoms with Crippen LogP contribution in [0.4, 0.5) is 0 Å². The van der Waals surface area contributed by atoms with Crippen LogP contribution in [0.5, 0.6) is 0 Å². The molecule has 0 fully saturated rings. The monoisotopic (exact) mass is 290 g/mol. The summed E-state index contributed by atoms with van der Waals surface area (Å²) in [5.41, 5.74) is 0.759. The summed E-state index contributed by atoms with van der Waals surface area (Å²) in [5, 5.41) is 0.232. The number of carbonyl (C=O) groups excluding carboxylic acids is 1. The predicted octanol–water partition coefficient (Wildman–Crippen LogP) is 3.30. The highest BCUT2D eigenvalue weighted by molar-refractivity contribution is 7.60. The highest BCUT2D eigenvalue weighted by atomic mass is 31.2. The number of ether oxygens (including phenoxy) is 1. The van der Waals surface area contributed by atoms with Crippen molar-refractivity contribution in [3.8, 4) is 0 Å². The van der Waals surface area contributed by atoms with Gasteiger partial charge in [-0.25, -0.2) is 0 Å². The minimum Gasteiger partial charge on any atom is -0.380 e. The van der Waals surface area contributed by atoms with E-state index in [-0.39, 0.29) is 24.3 Å². The van der Waals surface area contributed by atoms with Crippen LogP contribution in [0.3, 0.4) is 0 Å². The zero-order valence-corrected chi connectivity index (χ0v) is 12.8. The lowest BCUT2D eigenvalue weighted by molar-refractivity contribution is -0.115. The number of allylic oxidation sites excluding steroid dienone is 1. The Bertz CT molecular complexity index is 378. The molecule has 0 saturated heterocycles. The van der Waals surface area contributed by atoms with E-state index in [1.54, 1.807) is 21.0 Å². The summed E-state index contributed by atoms with van der Waals surface area (Å²) in [5.74, 6) is -0.130. The van der Waals surface area contributed by atoms with Crippen molar-refractivity contribution in [2.75, 3.05) is 26.9 Å². The van der Waals surface area contributed by atoms with Crippen molar-refractivity contribution in [3.63, 3.8) is 0 Å². The molecule has 0 aromatic heterocycles. The van der Waals surface area contributed by atoms with E-state index in [9.17, 15) is 9.36 Å². The van der Waals surface area contributed by atoms with Crippen molar-refractivity contribution in [1.82, 2.24) is 0 Å². The lowest BCUT2D eigenvalue weighted by atomic mass is 10.1. The van der Waals surface area contributed by atoms with Gasteiger partial charge < -0.3 is 13.8 Å². The van der Waals surface area contributed by atoms with Gasteiger partial charge >= 0.3 is 7.60 Å². The Hall–Kier alpha value is -0.480. The fraction of sp³-hybridized carbons (Fsp3) is 0.769. The van der Waals surface area contributed by atoms with Crippen LogP contribution in [0.2, 0.25) is 0 Å². The van der Waals surface area contributed by atoms with E-state index in [1.165, 1.54) is 0 Å². The molecule has 1 rings (SSSR count). The Morgan fingerprint density at radius 2 is 1.68 bits per heavy atom. The van der Waals surface area contributed by atoms with Crippen molar-refractivity contribution in [3.05, 3.63) is 10.9 Å². The van der Waals surface area contributed by atoms with E-state index in [0.717, 1.165) is 18.4 Å². The van der Waals surface area contributed by atoms with E-state index in [4.69, 9.17) is 13.8 Å². The fourth-order valence-electron chi connectivity index (χ4n) is 2.23. The molecule has 6 heteroatoms. The van der Waals surface area contributed by atoms with Crippen LogP contribution in [0.25, 0.3) is 0 Å². The highest BCUT2D eigenvalue weighted by Gasteiger charge is 2.37. The van der Waals surface area contributed by atoms with Crippen LogP contribution >= 0.6 is 7.60 Å². The van der Waals surface area contributed by atoms with Gasteiger partial charge in [0.2, 0.25) is 0 Å². The third-order valence-corrected chi connectivity index (χ3v) is 5.23. The number of hydrogen-bond donors (Lipinski definition) is 0. The molecule has 1 aliphatic carbocycles. The van der Waals surface area contributed by atoms with Crippen LogP contribution in [0.1, 0.15) is 39.5 Å². The second-order valence-electron chi connectivity index (χ2n) is 4.35. The molecule has 0 amide bonds. The predicted molar refractivity (Wildman–Crippen MR) is 73.2 cm³/mol. The molecule has 0 aliphatic heterocycles. The molecule has 0 radical (unpaired) electrons. The summed E-state index contributed by atoms with van der Waals surface area (Å²) in [7, 11) is -1.95. The topological polar surface area (TPSA) is 61.8 Å². The number of methoxy groups -OCH3 is 1. The SMILES string of the molecule is CCOP(=O)(OCC)C1=C(COC)CCCCC1=O. The van der Waals surface area contributed by atoms with E-state index in [0.29, 0.717) is 19.4 Å². The molecule has 19 heavy (non-hydrogen) atoms. The summed E-state index contributed by atoms with van der Waals surface area (Å²) in [4.78, 5) is 12.3. The van der Waals surface area contributed by atoms with Gasteiger partial charge in [-0.3, -0.25) is 9.36 Å². The van der Waals surface area contributed by atoms with Gasteiger partial charge in [-0.15, -0.1) is 0 Å². The molecule has 0 aromatic carbocycles. The molecule has 0 heterocycles. The van der Waals surface area contributed by atoms with E-state index >= 15 is 0 Å². The summed E-state index contributed by atoms with van der Waals surface area (Å²) in [6, 6.07) is 0. The summed E-state index contributed by atoms with van der Waals surface area (Å²) < 4.78 is 28.6. The first kappa shape index (κ1) is 16.6. The number of hydrogen-bond acceptors (Lipinski definition) is 5. The molecule has 0 N–H and O–H groups in total. The van der Waals surface area contributed by atoms with E-state index in [1.807, 2.05) is 0 Å². The molecule has 0 bridgehead atoms. The number of ketones is 1. The highest BCUT2D eigenvalue weighted by Crippen LogP contribution is 2.58. The zero-order chi connectivity index (χ0) is 14.3. The Morgan fingerprint density at radius 3 is 2.21 bits per heavy atom. The Morgan fingerprint density at radius 1 is 1.11 bits per heavy atom. The standard InChI is InChI=1S/C13H23O5P/c1-4-17-19(15,18-5-2)13-11(10-16-3)8-6-7-9-12(13)14/h4-10H2,1-3H3. The smallest absolute Gasteiger partial charge is 0.364 e. The number of Topliss-reactive ketones (excluding diaryl/α,β-unsaturated/α-hetero) is 1. The minimum atomic E-state index is -3.51. The van der Waals surface area contributed by atoms with Gasteiger partial charge in [0.1, 0.15) is 5.31 Å². The summed E-state index contributed by atoms with van der Waals surface area (Å²) in [6.07, 6.45) is 2.80. The summed E-state index contributed by atoms with van der Waals surface area (Å²) >= 11 is 0. The molecule has 0 spiro atoms. The maximum Gasteiger partial charge on any atom is 0.364 e. The van der Waals surface area contributed by atoms with Crippen LogP contribution in [-0.4, -0.2) is 32.7 Å². The first-order valence-corrected chi connectivity index (χ1v) is 8.27. The largest absolute Gasteiger partial charge is 0.380 e. The van der Waals surface area contributed by atoms with Gasteiger partial charge in [0.15, 0.2) is 5.78 Å². The van der Waals surface area contributed by atoms with E-state index in [2.05, 4.69) is 0 Å². The molecule has 110 valence electrons. The lowest BCUT2D eigenvalue weighted by Crippen LogP contribution is -2.11. The Kier molecular flexibility index (Phi) is 6.94. The van der Waals surface area contributed by atoms with Crippen LogP contribution in [0.15, 0.2) is 10.9 Å². The van der Waals surface area contributed by atoms with Crippen molar-refractivity contribution in [1.29, 1.82) is 0 Å². The minimum absolute atomic E-state index is 0.130. The Balaban J connectivity index is 3.23. The molecule has 0 saturated carbocycles. The van der Waals surface area contributed by atoms with Crippen LogP contribution < -0.4 is 0 Å². The van der Waals surface area contributed by atoms with Crippen molar-refractivity contribution >= 4 is 13.4 Å². The zero-order valence-electron chi connectivity index (χ0n) is 11.9. The number of rotatable bonds is 7. The molecule has 1 aliphatic rings. The first-order chi connectivity index (χ1) is 9.09. The molecular formula is C13H23O5P. The summed E-state index contributed by atoms with van der Waals surface area (Å²) in [6.45, 7) is 4.26. The van der Waals surface area contributed by atoms with Crippen molar-refractivity contribution in [2.45, 2.75) is 39.5 Å². The molecule has 0 atom stereocenters. The van der Waals surface area contributed by atoms with Gasteiger partial charge in [0.05, 0.1) is 19.8 Å². The third-order valence-electron chi connectivity index (χ3n) is 2.92. The molecule has 5 nitrogen and oxygen atoms in total. The van der Waals surface area contributed by atoms with Gasteiger partial charge in [-0.2, -0.15) is 0 Å². The Labute approximate surface area is 114 Å². The second-order valence-corrected chi connectivity index (χ2v) is 6.31. The molecule has 0 unspecified atom stereocenters. The first-order valence-electron chi connectivity index (χ1n) is 6.72. The third kappa shape index (κ3) is 4.25. The fourth-order valence-corrected chi connectivity index (χ4v) is 4.22. The maximum absolute atomic E-state index is 12.8. The van der Waals surface area contributed by atoms with Gasteiger partial charge in [0.25, 0.3) is 0 Å². The van der Waals surface area contributed by atoms with E-state index < -0.39 is 7.60 Å². The maximum atomic E-state index is 12.8. The lowest BCUT2D eigenvalue weighted by Gasteiger charge is -2.21. The van der Waals surface area contributed by atoms with Gasteiger partial charge in [-0.1, -0.05) is 0 Å². The molecule has 0 aromatic rings. The van der Waals surface area contributed by atoms with Crippen LogP contribution in [-0.2, 0) is 23.1 Å². The van der Waals surface area contributed by atoms with Crippen molar-refractivity contribution < 1.29 is 23.1 Å². The number of carbonyl (C=O) groups is 1. The van der Waals surface area contributed by atoms with Gasteiger partial charge in [0, 0.05) is 13.5 Å². The molecular weight excluding hydrogens is 267 g/mol. The van der Waals surface area contributed by atoms with Crippen LogP contribution in [0, 0.1) is 0 Å².